The lowest BCUT2D eigenvalue weighted by Gasteiger charge is -2.10. The number of hydrogen-bond acceptors (Lipinski definition) is 5. The molecule has 0 fully saturated rings. The van der Waals surface area contributed by atoms with E-state index in [0.29, 0.717) is 11.5 Å². The molecule has 0 saturated carbocycles. The van der Waals surface area contributed by atoms with E-state index in [1.54, 1.807) is 6.07 Å². The number of carbonyl (C=O) groups is 2. The Morgan fingerprint density at radius 2 is 1.89 bits per heavy atom. The van der Waals surface area contributed by atoms with Crippen LogP contribution in [0.2, 0.25) is 0 Å². The highest BCUT2D eigenvalue weighted by Crippen LogP contribution is 2.27. The topological polar surface area (TPSA) is 105 Å². The maximum atomic E-state index is 11.7. The van der Waals surface area contributed by atoms with Crippen molar-refractivity contribution in [1.82, 2.24) is 5.32 Å². The standard InChI is InChI=1S/C12H15NO6/c1-18-9-4-3-7(5-10(9)19-2)11(15)13-6-8(14)12(16)17/h3-5,8,14H,6H2,1-2H3,(H,13,15)(H,16,17). The minimum absolute atomic E-state index is 0.273. The van der Waals surface area contributed by atoms with Crippen molar-refractivity contribution < 1.29 is 29.3 Å². The Bertz CT molecular complexity index is 473. The zero-order valence-corrected chi connectivity index (χ0v) is 10.5. The molecule has 1 atom stereocenters. The first-order valence-corrected chi connectivity index (χ1v) is 5.40. The van der Waals surface area contributed by atoms with Crippen LogP contribution in [0, 0.1) is 0 Å². The molecule has 0 aliphatic rings. The summed E-state index contributed by atoms with van der Waals surface area (Å²) in [6.07, 6.45) is -1.64. The molecule has 1 amide bonds. The van der Waals surface area contributed by atoms with Gasteiger partial charge in [-0.25, -0.2) is 4.79 Å². The Morgan fingerprint density at radius 3 is 2.42 bits per heavy atom. The van der Waals surface area contributed by atoms with Crippen LogP contribution in [0.15, 0.2) is 18.2 Å². The van der Waals surface area contributed by atoms with Gasteiger partial charge in [-0.05, 0) is 18.2 Å². The van der Waals surface area contributed by atoms with Gasteiger partial charge in [-0.15, -0.1) is 0 Å². The molecule has 0 radical (unpaired) electrons. The van der Waals surface area contributed by atoms with Crippen LogP contribution >= 0.6 is 0 Å². The number of ether oxygens (including phenoxy) is 2. The predicted molar refractivity (Wildman–Crippen MR) is 65.5 cm³/mol. The van der Waals surface area contributed by atoms with Crippen molar-refractivity contribution in [2.75, 3.05) is 20.8 Å². The van der Waals surface area contributed by atoms with Gasteiger partial charge >= 0.3 is 5.97 Å². The number of aliphatic hydroxyl groups excluding tert-OH is 1. The van der Waals surface area contributed by atoms with Gasteiger partial charge in [0.1, 0.15) is 0 Å². The summed E-state index contributed by atoms with van der Waals surface area (Å²) in [5.41, 5.74) is 0.273. The van der Waals surface area contributed by atoms with Gasteiger partial charge in [0.15, 0.2) is 17.6 Å². The number of carboxylic acids is 1. The first kappa shape index (κ1) is 14.8. The van der Waals surface area contributed by atoms with Gasteiger partial charge < -0.3 is 25.0 Å². The molecule has 0 bridgehead atoms. The number of amides is 1. The van der Waals surface area contributed by atoms with Crippen molar-refractivity contribution in [3.8, 4) is 11.5 Å². The molecule has 7 nitrogen and oxygen atoms in total. The van der Waals surface area contributed by atoms with Crippen LogP contribution in [0.4, 0.5) is 0 Å². The summed E-state index contributed by atoms with van der Waals surface area (Å²) < 4.78 is 10.1. The fourth-order valence-corrected chi connectivity index (χ4v) is 1.36. The minimum Gasteiger partial charge on any atom is -0.493 e. The summed E-state index contributed by atoms with van der Waals surface area (Å²) in [6.45, 7) is -0.373. The largest absolute Gasteiger partial charge is 0.493 e. The Kier molecular flexibility index (Phi) is 5.13. The Balaban J connectivity index is 2.75. The van der Waals surface area contributed by atoms with E-state index in [0.717, 1.165) is 0 Å². The summed E-state index contributed by atoms with van der Waals surface area (Å²) in [6, 6.07) is 4.52. The maximum Gasteiger partial charge on any atom is 0.334 e. The van der Waals surface area contributed by atoms with E-state index in [2.05, 4.69) is 5.32 Å². The number of rotatable bonds is 6. The number of aliphatic hydroxyl groups is 1. The zero-order chi connectivity index (χ0) is 14.4. The summed E-state index contributed by atoms with van der Waals surface area (Å²) >= 11 is 0. The lowest BCUT2D eigenvalue weighted by molar-refractivity contribution is -0.146. The van der Waals surface area contributed by atoms with Crippen LogP contribution in [0.25, 0.3) is 0 Å². The molecule has 1 unspecified atom stereocenters. The van der Waals surface area contributed by atoms with Gasteiger partial charge in [-0.1, -0.05) is 0 Å². The SMILES string of the molecule is COc1ccc(C(=O)NCC(O)C(=O)O)cc1OC. The molecule has 0 aromatic heterocycles. The smallest absolute Gasteiger partial charge is 0.334 e. The summed E-state index contributed by atoms with van der Waals surface area (Å²) in [5.74, 6) is -1.05. The molecule has 7 heteroatoms. The molecule has 3 N–H and O–H groups in total. The monoisotopic (exact) mass is 269 g/mol. The zero-order valence-electron chi connectivity index (χ0n) is 10.5. The summed E-state index contributed by atoms with van der Waals surface area (Å²) in [7, 11) is 2.91. The van der Waals surface area contributed by atoms with Crippen molar-refractivity contribution in [1.29, 1.82) is 0 Å². The second-order valence-corrected chi connectivity index (χ2v) is 3.63. The molecule has 0 aliphatic carbocycles. The number of carboxylic acid groups (broad SMARTS) is 1. The minimum atomic E-state index is -1.64. The van der Waals surface area contributed by atoms with Crippen LogP contribution in [-0.2, 0) is 4.79 Å². The number of aliphatic carboxylic acids is 1. The number of carbonyl (C=O) groups excluding carboxylic acids is 1. The highest BCUT2D eigenvalue weighted by molar-refractivity contribution is 5.95. The average Bonchev–Trinajstić information content (AvgIpc) is 2.43. The predicted octanol–water partition coefficient (Wildman–Crippen LogP) is -0.121. The van der Waals surface area contributed by atoms with Crippen molar-refractivity contribution in [3.63, 3.8) is 0 Å². The average molecular weight is 269 g/mol. The molecule has 19 heavy (non-hydrogen) atoms. The van der Waals surface area contributed by atoms with Crippen LogP contribution in [-0.4, -0.2) is 49.0 Å². The Morgan fingerprint density at radius 1 is 1.26 bits per heavy atom. The molecule has 1 rings (SSSR count). The fraction of sp³-hybridized carbons (Fsp3) is 0.333. The van der Waals surface area contributed by atoms with E-state index in [1.807, 2.05) is 0 Å². The fourth-order valence-electron chi connectivity index (χ4n) is 1.36. The second-order valence-electron chi connectivity index (χ2n) is 3.63. The molecule has 104 valence electrons. The Hall–Kier alpha value is -2.28. The van der Waals surface area contributed by atoms with E-state index in [9.17, 15) is 9.59 Å². The highest BCUT2D eigenvalue weighted by atomic mass is 16.5. The molecule has 1 aromatic rings. The normalized spacial score (nSPS) is 11.5. The van der Waals surface area contributed by atoms with Crippen molar-refractivity contribution in [2.45, 2.75) is 6.10 Å². The molecule has 1 aromatic carbocycles. The number of hydrogen-bond donors (Lipinski definition) is 3. The number of methoxy groups -OCH3 is 2. The van der Waals surface area contributed by atoms with Crippen molar-refractivity contribution >= 4 is 11.9 Å². The molecular weight excluding hydrogens is 254 g/mol. The van der Waals surface area contributed by atoms with Gasteiger partial charge in [0.05, 0.1) is 20.8 Å². The third kappa shape index (κ3) is 3.85. The quantitative estimate of drug-likeness (QED) is 0.665. The molecule has 0 spiro atoms. The van der Waals surface area contributed by atoms with E-state index < -0.39 is 18.0 Å². The third-order valence-electron chi connectivity index (χ3n) is 2.39. The van der Waals surface area contributed by atoms with E-state index in [-0.39, 0.29) is 12.1 Å². The molecular formula is C12H15NO6. The summed E-state index contributed by atoms with van der Waals surface area (Å²) in [4.78, 5) is 22.1. The number of nitrogens with one attached hydrogen (secondary N) is 1. The third-order valence-corrected chi connectivity index (χ3v) is 2.39. The van der Waals surface area contributed by atoms with Crippen molar-refractivity contribution in [2.24, 2.45) is 0 Å². The van der Waals surface area contributed by atoms with Gasteiger partial charge in [-0.3, -0.25) is 4.79 Å². The van der Waals surface area contributed by atoms with Gasteiger partial charge in [0, 0.05) is 5.56 Å². The molecule has 0 saturated heterocycles. The van der Waals surface area contributed by atoms with E-state index in [4.69, 9.17) is 19.7 Å². The molecule has 0 aliphatic heterocycles. The highest BCUT2D eigenvalue weighted by Gasteiger charge is 2.16. The lowest BCUT2D eigenvalue weighted by atomic mass is 10.2. The van der Waals surface area contributed by atoms with Crippen LogP contribution in [0.1, 0.15) is 10.4 Å². The first-order valence-electron chi connectivity index (χ1n) is 5.40. The van der Waals surface area contributed by atoms with E-state index >= 15 is 0 Å². The van der Waals surface area contributed by atoms with Gasteiger partial charge in [-0.2, -0.15) is 0 Å². The van der Waals surface area contributed by atoms with Crippen LogP contribution in [0.3, 0.4) is 0 Å². The van der Waals surface area contributed by atoms with Crippen molar-refractivity contribution in [3.05, 3.63) is 23.8 Å². The van der Waals surface area contributed by atoms with Gasteiger partial charge in [0.25, 0.3) is 5.91 Å². The molecule has 0 heterocycles. The summed E-state index contributed by atoms with van der Waals surface area (Å²) in [5, 5.41) is 19.8. The van der Waals surface area contributed by atoms with Gasteiger partial charge in [0.2, 0.25) is 0 Å². The van der Waals surface area contributed by atoms with Crippen LogP contribution < -0.4 is 14.8 Å². The first-order chi connectivity index (χ1) is 8.99. The second kappa shape index (κ2) is 6.60. The van der Waals surface area contributed by atoms with Crippen LogP contribution in [0.5, 0.6) is 11.5 Å². The van der Waals surface area contributed by atoms with E-state index in [1.165, 1.54) is 26.4 Å². The lowest BCUT2D eigenvalue weighted by Crippen LogP contribution is -2.36. The Labute approximate surface area is 109 Å². The number of benzene rings is 1. The maximum absolute atomic E-state index is 11.7.